The highest BCUT2D eigenvalue weighted by Crippen LogP contribution is 2.10. The monoisotopic (exact) mass is 261 g/mol. The number of nitrogens with one attached hydrogen (secondary N) is 1. The second-order valence-electron chi connectivity index (χ2n) is 3.86. The van der Waals surface area contributed by atoms with Crippen LogP contribution in [0.1, 0.15) is 22.3 Å². The van der Waals surface area contributed by atoms with Crippen molar-refractivity contribution in [2.75, 3.05) is 7.11 Å². The fourth-order valence-electron chi connectivity index (χ4n) is 1.58. The Kier molecular flexibility index (Phi) is 5.58. The van der Waals surface area contributed by atoms with Gasteiger partial charge in [-0.2, -0.15) is 0 Å². The Hall–Kier alpha value is -2.32. The highest BCUT2D eigenvalue weighted by atomic mass is 16.5. The molecular formula is C14H15NO4. The van der Waals surface area contributed by atoms with Crippen LogP contribution in [0.3, 0.4) is 0 Å². The molecule has 2 N–H and O–H groups in total. The Morgan fingerprint density at radius 1 is 1.47 bits per heavy atom. The number of aliphatic carboxylic acids is 1. The summed E-state index contributed by atoms with van der Waals surface area (Å²) in [6, 6.07) is 5.74. The minimum Gasteiger partial charge on any atom is -0.480 e. The van der Waals surface area contributed by atoms with Crippen LogP contribution in [0.15, 0.2) is 24.3 Å². The summed E-state index contributed by atoms with van der Waals surface area (Å²) < 4.78 is 4.99. The van der Waals surface area contributed by atoms with E-state index in [1.165, 1.54) is 7.11 Å². The number of carboxylic acid groups (broad SMARTS) is 1. The van der Waals surface area contributed by atoms with Crippen molar-refractivity contribution >= 4 is 11.9 Å². The lowest BCUT2D eigenvalue weighted by molar-refractivity contribution is -0.139. The molecule has 0 heterocycles. The maximum atomic E-state index is 12.0. The maximum Gasteiger partial charge on any atom is 0.327 e. The molecule has 0 aliphatic rings. The van der Waals surface area contributed by atoms with E-state index in [2.05, 4.69) is 11.2 Å². The Labute approximate surface area is 111 Å². The molecule has 0 spiro atoms. The molecule has 19 heavy (non-hydrogen) atoms. The number of benzene rings is 1. The molecule has 0 aliphatic carbocycles. The fourth-order valence-corrected chi connectivity index (χ4v) is 1.58. The molecule has 1 rings (SSSR count). The van der Waals surface area contributed by atoms with Crippen LogP contribution in [-0.4, -0.2) is 30.1 Å². The first-order valence-corrected chi connectivity index (χ1v) is 5.64. The molecule has 0 aliphatic heterocycles. The molecule has 0 radical (unpaired) electrons. The SMILES string of the molecule is C#CCC(NC(=O)c1ccccc1COC)C(=O)O. The van der Waals surface area contributed by atoms with E-state index in [1.54, 1.807) is 24.3 Å². The number of methoxy groups -OCH3 is 1. The van der Waals surface area contributed by atoms with Gasteiger partial charge in [0, 0.05) is 19.1 Å². The highest BCUT2D eigenvalue weighted by molar-refractivity contribution is 5.97. The van der Waals surface area contributed by atoms with Crippen molar-refractivity contribution in [1.82, 2.24) is 5.32 Å². The van der Waals surface area contributed by atoms with Crippen molar-refractivity contribution < 1.29 is 19.4 Å². The quantitative estimate of drug-likeness (QED) is 0.750. The number of terminal acetylenes is 1. The van der Waals surface area contributed by atoms with E-state index in [1.807, 2.05) is 0 Å². The van der Waals surface area contributed by atoms with Crippen LogP contribution >= 0.6 is 0 Å². The predicted octanol–water partition coefficient (Wildman–Crippen LogP) is 1.04. The van der Waals surface area contributed by atoms with Gasteiger partial charge in [-0.05, 0) is 11.6 Å². The van der Waals surface area contributed by atoms with Crippen LogP contribution < -0.4 is 5.32 Å². The number of carbonyl (C=O) groups is 2. The third-order valence-corrected chi connectivity index (χ3v) is 2.49. The van der Waals surface area contributed by atoms with E-state index in [9.17, 15) is 9.59 Å². The summed E-state index contributed by atoms with van der Waals surface area (Å²) in [5, 5.41) is 11.3. The Balaban J connectivity index is 2.88. The van der Waals surface area contributed by atoms with Crippen LogP contribution in [0.2, 0.25) is 0 Å². The van der Waals surface area contributed by atoms with E-state index in [-0.39, 0.29) is 13.0 Å². The van der Waals surface area contributed by atoms with Crippen molar-refractivity contribution in [3.05, 3.63) is 35.4 Å². The molecule has 0 saturated heterocycles. The zero-order valence-corrected chi connectivity index (χ0v) is 10.6. The van der Waals surface area contributed by atoms with Gasteiger partial charge in [-0.3, -0.25) is 4.79 Å². The maximum absolute atomic E-state index is 12.0. The van der Waals surface area contributed by atoms with Crippen molar-refractivity contribution in [1.29, 1.82) is 0 Å². The number of ether oxygens (including phenoxy) is 1. The minimum atomic E-state index is -1.16. The Bertz CT molecular complexity index is 504. The molecule has 0 saturated carbocycles. The van der Waals surface area contributed by atoms with Crippen LogP contribution in [0.25, 0.3) is 0 Å². The summed E-state index contributed by atoms with van der Waals surface area (Å²) in [7, 11) is 1.52. The first-order valence-electron chi connectivity index (χ1n) is 5.64. The normalized spacial score (nSPS) is 11.4. The number of carboxylic acids is 1. The van der Waals surface area contributed by atoms with E-state index in [4.69, 9.17) is 16.3 Å². The van der Waals surface area contributed by atoms with E-state index in [0.717, 1.165) is 0 Å². The standard InChI is InChI=1S/C14H15NO4/c1-3-6-12(14(17)18)15-13(16)11-8-5-4-7-10(11)9-19-2/h1,4-5,7-8,12H,6,9H2,2H3,(H,15,16)(H,17,18). The van der Waals surface area contributed by atoms with Gasteiger partial charge >= 0.3 is 5.97 Å². The van der Waals surface area contributed by atoms with Crippen molar-refractivity contribution in [2.45, 2.75) is 19.1 Å². The molecule has 1 aromatic rings. The van der Waals surface area contributed by atoms with E-state index >= 15 is 0 Å². The number of hydrogen-bond donors (Lipinski definition) is 2. The molecule has 1 atom stereocenters. The van der Waals surface area contributed by atoms with Gasteiger partial charge in [-0.1, -0.05) is 18.2 Å². The molecule has 1 aromatic carbocycles. The van der Waals surface area contributed by atoms with Gasteiger partial charge in [0.1, 0.15) is 6.04 Å². The lowest BCUT2D eigenvalue weighted by atomic mass is 10.1. The third-order valence-electron chi connectivity index (χ3n) is 2.49. The largest absolute Gasteiger partial charge is 0.480 e. The zero-order chi connectivity index (χ0) is 14.3. The summed E-state index contributed by atoms with van der Waals surface area (Å²) in [6.07, 6.45) is 5.01. The predicted molar refractivity (Wildman–Crippen MR) is 69.5 cm³/mol. The van der Waals surface area contributed by atoms with Gasteiger partial charge in [0.05, 0.1) is 6.61 Å². The minimum absolute atomic E-state index is 0.0620. The Morgan fingerprint density at radius 2 is 2.16 bits per heavy atom. The van der Waals surface area contributed by atoms with Gasteiger partial charge < -0.3 is 15.2 Å². The third kappa shape index (κ3) is 4.12. The van der Waals surface area contributed by atoms with Crippen LogP contribution in [-0.2, 0) is 16.1 Å². The average Bonchev–Trinajstić information content (AvgIpc) is 2.39. The summed E-state index contributed by atoms with van der Waals surface area (Å²) in [6.45, 7) is 0.274. The second-order valence-corrected chi connectivity index (χ2v) is 3.86. The van der Waals surface area contributed by atoms with Crippen LogP contribution in [0.5, 0.6) is 0 Å². The molecule has 5 nitrogen and oxygen atoms in total. The van der Waals surface area contributed by atoms with Gasteiger partial charge in [-0.15, -0.1) is 12.3 Å². The molecule has 0 bridgehead atoms. The van der Waals surface area contributed by atoms with Crippen molar-refractivity contribution in [2.24, 2.45) is 0 Å². The number of carbonyl (C=O) groups excluding carboxylic acids is 1. The van der Waals surface area contributed by atoms with Crippen molar-refractivity contribution in [3.8, 4) is 12.3 Å². The molecule has 0 fully saturated rings. The highest BCUT2D eigenvalue weighted by Gasteiger charge is 2.20. The van der Waals surface area contributed by atoms with E-state index < -0.39 is 17.9 Å². The lowest BCUT2D eigenvalue weighted by Gasteiger charge is -2.13. The number of rotatable bonds is 6. The van der Waals surface area contributed by atoms with Gasteiger partial charge in [0.2, 0.25) is 0 Å². The summed E-state index contributed by atoms with van der Waals surface area (Å²) in [5.74, 6) is 0.592. The summed E-state index contributed by atoms with van der Waals surface area (Å²) in [5.41, 5.74) is 1.07. The number of amides is 1. The smallest absolute Gasteiger partial charge is 0.327 e. The van der Waals surface area contributed by atoms with Gasteiger partial charge in [-0.25, -0.2) is 4.79 Å². The Morgan fingerprint density at radius 3 is 2.74 bits per heavy atom. The van der Waals surface area contributed by atoms with Gasteiger partial charge in [0.15, 0.2) is 0 Å². The van der Waals surface area contributed by atoms with Crippen molar-refractivity contribution in [3.63, 3.8) is 0 Å². The topological polar surface area (TPSA) is 75.6 Å². The summed E-state index contributed by atoms with van der Waals surface area (Å²) in [4.78, 5) is 23.0. The first-order chi connectivity index (χ1) is 9.10. The molecule has 100 valence electrons. The molecule has 1 unspecified atom stereocenters. The van der Waals surface area contributed by atoms with Crippen LogP contribution in [0, 0.1) is 12.3 Å². The average molecular weight is 261 g/mol. The fraction of sp³-hybridized carbons (Fsp3) is 0.286. The molecule has 0 aromatic heterocycles. The zero-order valence-electron chi connectivity index (χ0n) is 10.6. The lowest BCUT2D eigenvalue weighted by Crippen LogP contribution is -2.40. The second kappa shape index (κ2) is 7.19. The molecule has 1 amide bonds. The molecular weight excluding hydrogens is 246 g/mol. The van der Waals surface area contributed by atoms with E-state index in [0.29, 0.717) is 11.1 Å². The van der Waals surface area contributed by atoms with Gasteiger partial charge in [0.25, 0.3) is 5.91 Å². The first kappa shape index (κ1) is 14.7. The summed E-state index contributed by atoms with van der Waals surface area (Å²) >= 11 is 0. The number of hydrogen-bond acceptors (Lipinski definition) is 3. The molecule has 5 heteroatoms. The van der Waals surface area contributed by atoms with Crippen LogP contribution in [0.4, 0.5) is 0 Å².